The fourth-order valence-corrected chi connectivity index (χ4v) is 3.80. The summed E-state index contributed by atoms with van der Waals surface area (Å²) in [6.45, 7) is 0.349. The van der Waals surface area contributed by atoms with Gasteiger partial charge >= 0.3 is 12.2 Å². The normalized spacial score (nSPS) is 19.5. The Kier molecular flexibility index (Phi) is 4.99. The van der Waals surface area contributed by atoms with E-state index in [2.05, 4.69) is 5.32 Å². The Hall–Kier alpha value is -2.41. The summed E-state index contributed by atoms with van der Waals surface area (Å²) in [6.07, 6.45) is -4.34. The Balaban J connectivity index is 2.32. The highest BCUT2D eigenvalue weighted by atomic mass is 35.5. The molecule has 2 aromatic rings. The summed E-state index contributed by atoms with van der Waals surface area (Å²) in [5.74, 6) is 0.488. The van der Waals surface area contributed by atoms with Crippen LogP contribution in [0.25, 0.3) is 0 Å². The first kappa shape index (κ1) is 19.4. The van der Waals surface area contributed by atoms with E-state index in [9.17, 15) is 18.0 Å². The first-order valence-corrected chi connectivity index (χ1v) is 8.69. The molecule has 27 heavy (non-hydrogen) atoms. The number of halogens is 4. The van der Waals surface area contributed by atoms with Crippen LogP contribution in [0.15, 0.2) is 42.5 Å². The highest BCUT2D eigenvalue weighted by molar-refractivity contribution is 6.30. The molecule has 0 aromatic heterocycles. The molecule has 8 heteroatoms. The Morgan fingerprint density at radius 3 is 2.59 bits per heavy atom. The van der Waals surface area contributed by atoms with Gasteiger partial charge in [-0.1, -0.05) is 30.7 Å². The van der Waals surface area contributed by atoms with Crippen molar-refractivity contribution in [2.24, 2.45) is 0 Å². The van der Waals surface area contributed by atoms with Crippen LogP contribution >= 0.6 is 11.6 Å². The third-order valence-corrected chi connectivity index (χ3v) is 5.01. The van der Waals surface area contributed by atoms with E-state index in [1.807, 2.05) is 0 Å². The predicted molar refractivity (Wildman–Crippen MR) is 97.3 cm³/mol. The fraction of sp³-hybridized carbons (Fsp3) is 0.316. The van der Waals surface area contributed by atoms with E-state index in [1.54, 1.807) is 49.4 Å². The van der Waals surface area contributed by atoms with Gasteiger partial charge in [0.05, 0.1) is 12.6 Å². The minimum absolute atomic E-state index is 0.219. The van der Waals surface area contributed by atoms with Crippen molar-refractivity contribution in [1.29, 1.82) is 0 Å². The van der Waals surface area contributed by atoms with Crippen LogP contribution in [0.2, 0.25) is 5.02 Å². The number of nitrogens with one attached hydrogen (secondary N) is 1. The number of methoxy groups -OCH3 is 1. The number of benzene rings is 2. The molecule has 144 valence electrons. The van der Waals surface area contributed by atoms with Gasteiger partial charge in [0, 0.05) is 16.3 Å². The number of rotatable bonds is 4. The molecule has 1 unspecified atom stereocenters. The van der Waals surface area contributed by atoms with Gasteiger partial charge in [0.1, 0.15) is 12.3 Å². The van der Waals surface area contributed by atoms with Crippen LogP contribution in [0.3, 0.4) is 0 Å². The summed E-state index contributed by atoms with van der Waals surface area (Å²) in [7, 11) is 1.48. The molecule has 1 heterocycles. The van der Waals surface area contributed by atoms with E-state index in [4.69, 9.17) is 16.3 Å². The Morgan fingerprint density at radius 1 is 1.22 bits per heavy atom. The highest BCUT2D eigenvalue weighted by Crippen LogP contribution is 2.48. The Morgan fingerprint density at radius 2 is 1.96 bits per heavy atom. The van der Waals surface area contributed by atoms with Crippen molar-refractivity contribution in [1.82, 2.24) is 4.90 Å². The molecule has 1 N–H and O–H groups in total. The number of urea groups is 1. The van der Waals surface area contributed by atoms with Gasteiger partial charge in [-0.15, -0.1) is 0 Å². The second-order valence-corrected chi connectivity index (χ2v) is 6.70. The Bertz CT molecular complexity index is 872. The maximum absolute atomic E-state index is 13.3. The first-order chi connectivity index (χ1) is 12.7. The van der Waals surface area contributed by atoms with Crippen molar-refractivity contribution in [2.75, 3.05) is 19.0 Å². The average Bonchev–Trinajstić information content (AvgIpc) is 2.62. The lowest BCUT2D eigenvalue weighted by Crippen LogP contribution is -2.57. The molecule has 3 rings (SSSR count). The van der Waals surface area contributed by atoms with Crippen LogP contribution in [-0.2, 0) is 5.54 Å². The van der Waals surface area contributed by atoms with Crippen molar-refractivity contribution in [3.8, 4) is 5.75 Å². The molecule has 1 aliphatic heterocycles. The zero-order valence-corrected chi connectivity index (χ0v) is 15.5. The van der Waals surface area contributed by atoms with Gasteiger partial charge in [-0.05, 0) is 42.3 Å². The van der Waals surface area contributed by atoms with Gasteiger partial charge in [0.2, 0.25) is 0 Å². The second kappa shape index (κ2) is 6.96. The largest absolute Gasteiger partial charge is 0.497 e. The van der Waals surface area contributed by atoms with E-state index < -0.39 is 24.3 Å². The number of anilines is 1. The van der Waals surface area contributed by atoms with Crippen LogP contribution in [0.1, 0.15) is 24.5 Å². The topological polar surface area (TPSA) is 41.6 Å². The monoisotopic (exact) mass is 398 g/mol. The first-order valence-electron chi connectivity index (χ1n) is 8.31. The minimum Gasteiger partial charge on any atom is -0.497 e. The highest BCUT2D eigenvalue weighted by Gasteiger charge is 2.50. The summed E-state index contributed by atoms with van der Waals surface area (Å²) in [4.78, 5) is 13.5. The zero-order valence-electron chi connectivity index (χ0n) is 14.7. The van der Waals surface area contributed by atoms with Crippen molar-refractivity contribution < 1.29 is 22.7 Å². The third-order valence-electron chi connectivity index (χ3n) is 4.77. The van der Waals surface area contributed by atoms with Crippen LogP contribution in [-0.4, -0.2) is 30.8 Å². The van der Waals surface area contributed by atoms with Gasteiger partial charge in [0.25, 0.3) is 0 Å². The molecule has 2 aromatic carbocycles. The molecule has 2 amide bonds. The number of alkyl halides is 3. The van der Waals surface area contributed by atoms with Crippen molar-refractivity contribution in [3.05, 3.63) is 58.6 Å². The van der Waals surface area contributed by atoms with E-state index >= 15 is 0 Å². The van der Waals surface area contributed by atoms with Gasteiger partial charge in [0.15, 0.2) is 0 Å². The van der Waals surface area contributed by atoms with E-state index in [1.165, 1.54) is 7.11 Å². The lowest BCUT2D eigenvalue weighted by Gasteiger charge is -2.48. The molecule has 0 saturated heterocycles. The molecular weight excluding hydrogens is 381 g/mol. The van der Waals surface area contributed by atoms with Crippen LogP contribution in [0.5, 0.6) is 5.75 Å². The van der Waals surface area contributed by atoms with Crippen molar-refractivity contribution >= 4 is 23.3 Å². The SMILES string of the molecule is CCC1(c2cccc(OC)c2)c2cc(Cl)ccc2NC(=O)N1CC(F)(F)F. The molecule has 0 fully saturated rings. The number of ether oxygens (including phenoxy) is 1. The summed E-state index contributed by atoms with van der Waals surface area (Å²) >= 11 is 6.15. The standard InChI is InChI=1S/C19H18ClF3N2O2/c1-3-18(12-5-4-6-14(9-12)27-2)15-10-13(20)7-8-16(15)24-17(26)25(18)11-19(21,22)23/h4-10H,3,11H2,1-2H3,(H,24,26). The molecule has 0 saturated carbocycles. The second-order valence-electron chi connectivity index (χ2n) is 6.27. The number of carbonyl (C=O) groups excluding carboxylic acids is 1. The number of amides is 2. The lowest BCUT2D eigenvalue weighted by molar-refractivity contribution is -0.148. The fourth-order valence-electron chi connectivity index (χ4n) is 3.63. The van der Waals surface area contributed by atoms with Crippen LogP contribution in [0, 0.1) is 0 Å². The number of hydrogen-bond donors (Lipinski definition) is 1. The number of nitrogens with zero attached hydrogens (tertiary/aromatic N) is 1. The molecule has 0 radical (unpaired) electrons. The maximum Gasteiger partial charge on any atom is 0.406 e. The Labute approximate surface area is 159 Å². The van der Waals surface area contributed by atoms with Gasteiger partial charge in [-0.2, -0.15) is 13.2 Å². The van der Waals surface area contributed by atoms with Crippen molar-refractivity contribution in [3.63, 3.8) is 0 Å². The average molecular weight is 399 g/mol. The lowest BCUT2D eigenvalue weighted by atomic mass is 9.77. The van der Waals surface area contributed by atoms with E-state index in [0.29, 0.717) is 27.6 Å². The quantitative estimate of drug-likeness (QED) is 0.748. The maximum atomic E-state index is 13.3. The summed E-state index contributed by atoms with van der Waals surface area (Å²) < 4.78 is 45.3. The van der Waals surface area contributed by atoms with Gasteiger partial charge in [-0.3, -0.25) is 0 Å². The van der Waals surface area contributed by atoms with Gasteiger partial charge in [-0.25, -0.2) is 4.79 Å². The summed E-state index contributed by atoms with van der Waals surface area (Å²) in [6, 6.07) is 10.7. The van der Waals surface area contributed by atoms with E-state index in [-0.39, 0.29) is 6.42 Å². The smallest absolute Gasteiger partial charge is 0.406 e. The van der Waals surface area contributed by atoms with Crippen LogP contribution in [0.4, 0.5) is 23.7 Å². The van der Waals surface area contributed by atoms with E-state index in [0.717, 1.165) is 4.90 Å². The third kappa shape index (κ3) is 3.43. The minimum atomic E-state index is -4.56. The van der Waals surface area contributed by atoms with Gasteiger partial charge < -0.3 is 15.0 Å². The molecule has 4 nitrogen and oxygen atoms in total. The summed E-state index contributed by atoms with van der Waals surface area (Å²) in [5.41, 5.74) is 0.126. The molecule has 1 atom stereocenters. The van der Waals surface area contributed by atoms with Crippen molar-refractivity contribution in [2.45, 2.75) is 25.1 Å². The number of hydrogen-bond acceptors (Lipinski definition) is 2. The summed E-state index contributed by atoms with van der Waals surface area (Å²) in [5, 5.41) is 2.92. The molecule has 0 bridgehead atoms. The molecule has 1 aliphatic rings. The zero-order chi connectivity index (χ0) is 19.8. The molecule has 0 aliphatic carbocycles. The van der Waals surface area contributed by atoms with Crippen LogP contribution < -0.4 is 10.1 Å². The number of carbonyl (C=O) groups is 1. The number of fused-ring (bicyclic) bond motifs is 1. The molecule has 0 spiro atoms. The molecular formula is C19H18ClF3N2O2. The predicted octanol–water partition coefficient (Wildman–Crippen LogP) is 5.41.